The third-order valence-corrected chi connectivity index (χ3v) is 9.64. The van der Waals surface area contributed by atoms with Gasteiger partial charge in [-0.3, -0.25) is 19.2 Å². The van der Waals surface area contributed by atoms with E-state index in [1.54, 1.807) is 6.92 Å². The van der Waals surface area contributed by atoms with Gasteiger partial charge < -0.3 is 21.3 Å². The Balaban J connectivity index is 1.68. The number of rotatable bonds is 5. The molecule has 260 valence electrons. The second-order valence-corrected chi connectivity index (χ2v) is 14.1. The molecule has 4 N–H and O–H groups in total. The predicted octanol–water partition coefficient (Wildman–Crippen LogP) is 1.24. The highest BCUT2D eigenvalue weighted by atomic mass is 32.2. The molecule has 0 aliphatic carbocycles. The van der Waals surface area contributed by atoms with Gasteiger partial charge in [0.2, 0.25) is 33.7 Å². The van der Waals surface area contributed by atoms with Crippen molar-refractivity contribution in [2.45, 2.75) is 70.1 Å². The zero-order valence-electron chi connectivity index (χ0n) is 27.8. The number of fused-ring (bicyclic) bond motifs is 1. The maximum absolute atomic E-state index is 13.7. The number of hydrogen-bond acceptors (Lipinski definition) is 9. The van der Waals surface area contributed by atoms with E-state index in [4.69, 9.17) is 0 Å². The second kappa shape index (κ2) is 16.3. The van der Waals surface area contributed by atoms with Crippen molar-refractivity contribution in [3.05, 3.63) is 66.0 Å². The van der Waals surface area contributed by atoms with Crippen molar-refractivity contribution in [3.63, 3.8) is 0 Å². The minimum Gasteiger partial charge on any atom is -0.354 e. The molecule has 3 atom stereocenters. The van der Waals surface area contributed by atoms with Gasteiger partial charge in [-0.25, -0.2) is 18.1 Å². The third kappa shape index (κ3) is 9.48. The molecule has 2 heterocycles. The van der Waals surface area contributed by atoms with Gasteiger partial charge in [0, 0.05) is 18.7 Å². The van der Waals surface area contributed by atoms with E-state index in [1.807, 2.05) is 50.2 Å². The zero-order valence-corrected chi connectivity index (χ0v) is 28.7. The number of nitrogens with zero attached hydrogens (tertiary/aromatic N) is 5. The Hall–Kier alpha value is -5.14. The third-order valence-electron chi connectivity index (χ3n) is 7.73. The highest BCUT2D eigenvalue weighted by Gasteiger charge is 2.31. The van der Waals surface area contributed by atoms with Crippen LogP contribution in [0.5, 0.6) is 0 Å². The number of nitriles is 1. The highest BCUT2D eigenvalue weighted by molar-refractivity contribution is 7.89. The molecule has 1 aromatic heterocycles. The van der Waals surface area contributed by atoms with Crippen molar-refractivity contribution in [2.75, 3.05) is 19.6 Å². The smallest absolute Gasteiger partial charge is 0.244 e. The van der Waals surface area contributed by atoms with Crippen molar-refractivity contribution >= 4 is 33.7 Å². The molecule has 15 nitrogen and oxygen atoms in total. The Kier molecular flexibility index (Phi) is 12.2. The van der Waals surface area contributed by atoms with Gasteiger partial charge in [0.05, 0.1) is 23.0 Å². The Bertz CT molecular complexity index is 1820. The van der Waals surface area contributed by atoms with Gasteiger partial charge in [-0.05, 0) is 44.7 Å². The van der Waals surface area contributed by atoms with Crippen LogP contribution in [0.15, 0.2) is 59.5 Å². The van der Waals surface area contributed by atoms with Crippen LogP contribution in [0.25, 0.3) is 11.4 Å². The molecule has 0 bridgehead atoms. The minimum atomic E-state index is -4.35. The largest absolute Gasteiger partial charge is 0.354 e. The van der Waals surface area contributed by atoms with E-state index in [0.29, 0.717) is 17.2 Å². The van der Waals surface area contributed by atoms with Gasteiger partial charge in [0.1, 0.15) is 30.5 Å². The molecule has 4 rings (SSSR count). The number of amides is 4. The first kappa shape index (κ1) is 36.7. The van der Waals surface area contributed by atoms with Crippen molar-refractivity contribution in [1.82, 2.24) is 40.3 Å². The minimum absolute atomic E-state index is 0.00458. The van der Waals surface area contributed by atoms with Gasteiger partial charge in [0.25, 0.3) is 0 Å². The lowest BCUT2D eigenvalue weighted by atomic mass is 10.0. The molecule has 0 spiro atoms. The number of carbonyl (C=O) groups excluding carboxylic acids is 4. The van der Waals surface area contributed by atoms with Crippen LogP contribution in [-0.4, -0.2) is 82.8 Å². The number of sulfonamides is 1. The normalized spacial score (nSPS) is 20.8. The van der Waals surface area contributed by atoms with Crippen LogP contribution in [0.3, 0.4) is 0 Å². The van der Waals surface area contributed by atoms with E-state index in [2.05, 4.69) is 31.3 Å². The lowest BCUT2D eigenvalue weighted by Crippen LogP contribution is -2.54. The number of carbonyl (C=O) groups is 4. The fraction of sp³-hybridized carbons (Fsp3) is 0.424. The average molecular weight is 692 g/mol. The average Bonchev–Trinajstić information content (AvgIpc) is 3.49. The van der Waals surface area contributed by atoms with Crippen LogP contribution < -0.4 is 21.3 Å². The summed E-state index contributed by atoms with van der Waals surface area (Å²) in [5.41, 5.74) is 0.609. The molecule has 3 aromatic rings. The van der Waals surface area contributed by atoms with Gasteiger partial charge in [0.15, 0.2) is 5.82 Å². The molecule has 0 saturated heterocycles. The Morgan fingerprint density at radius 2 is 1.59 bits per heavy atom. The molecule has 0 fully saturated rings. The van der Waals surface area contributed by atoms with Gasteiger partial charge in [-0.2, -0.15) is 14.7 Å². The summed E-state index contributed by atoms with van der Waals surface area (Å²) >= 11 is 0. The van der Waals surface area contributed by atoms with E-state index in [0.717, 1.165) is 4.31 Å². The Labute approximate surface area is 285 Å². The van der Waals surface area contributed by atoms with Crippen LogP contribution >= 0.6 is 0 Å². The summed E-state index contributed by atoms with van der Waals surface area (Å²) in [7, 11) is -4.35. The van der Waals surface area contributed by atoms with Crippen molar-refractivity contribution < 1.29 is 27.6 Å². The quantitative estimate of drug-likeness (QED) is 0.303. The first-order valence-electron chi connectivity index (χ1n) is 16.0. The van der Waals surface area contributed by atoms with Crippen molar-refractivity contribution in [1.29, 1.82) is 5.26 Å². The fourth-order valence-corrected chi connectivity index (χ4v) is 6.85. The van der Waals surface area contributed by atoms with E-state index < -0.39 is 58.3 Å². The molecule has 2 aromatic carbocycles. The first-order valence-corrected chi connectivity index (χ1v) is 17.4. The molecule has 49 heavy (non-hydrogen) atoms. The summed E-state index contributed by atoms with van der Waals surface area (Å²) in [6.07, 6.45) is 0.394. The lowest BCUT2D eigenvalue weighted by Gasteiger charge is -2.25. The number of aromatic nitrogens is 3. The lowest BCUT2D eigenvalue weighted by molar-refractivity contribution is -0.132. The maximum atomic E-state index is 13.7. The van der Waals surface area contributed by atoms with E-state index in [1.165, 1.54) is 35.9 Å². The van der Waals surface area contributed by atoms with E-state index in [9.17, 15) is 32.9 Å². The van der Waals surface area contributed by atoms with Gasteiger partial charge >= 0.3 is 0 Å². The summed E-state index contributed by atoms with van der Waals surface area (Å²) in [5, 5.41) is 25.0. The summed E-state index contributed by atoms with van der Waals surface area (Å²) in [4.78, 5) is 57.4. The summed E-state index contributed by atoms with van der Waals surface area (Å²) in [5.74, 6) is -1.70. The maximum Gasteiger partial charge on any atom is 0.244 e. The molecule has 16 heteroatoms. The van der Waals surface area contributed by atoms with Gasteiger partial charge in [-0.15, -0.1) is 0 Å². The predicted molar refractivity (Wildman–Crippen MR) is 179 cm³/mol. The van der Waals surface area contributed by atoms with E-state index >= 15 is 0 Å². The standard InChI is InChI=1S/C33H41N9O6S/c1-21(2)17-26-33(46)37-22(3)31-39-30(24-11-6-5-7-12-24)40-42(31)20-28(43)35-15-10-16-41(19-29(44)36-23(4)32(45)38-26)49(47,48)27-14-9-8-13-25(27)18-34/h5-9,11-14,21-23,26H,10,15-17,19-20H2,1-4H3,(H,35,43)(H,36,44)(H,37,46)(H,38,45)/t22-,23+,26+/m0/s1. The van der Waals surface area contributed by atoms with Crippen LogP contribution in [0, 0.1) is 17.2 Å². The summed E-state index contributed by atoms with van der Waals surface area (Å²) in [6, 6.07) is 13.8. The molecule has 0 radical (unpaired) electrons. The second-order valence-electron chi connectivity index (χ2n) is 12.2. The van der Waals surface area contributed by atoms with Gasteiger partial charge in [-0.1, -0.05) is 56.3 Å². The SMILES string of the molecule is CC(C)C[C@H]1NC(=O)[C@@H](C)NC(=O)CN(S(=O)(=O)c2ccccc2C#N)CCCNC(=O)Cn2nc(-c3ccccc3)nc2[C@H](C)NC1=O. The van der Waals surface area contributed by atoms with Crippen LogP contribution in [0.2, 0.25) is 0 Å². The molecular weight excluding hydrogens is 650 g/mol. The molecule has 1 aliphatic rings. The van der Waals surface area contributed by atoms with Crippen molar-refractivity contribution in [2.24, 2.45) is 5.92 Å². The van der Waals surface area contributed by atoms with Crippen LogP contribution in [0.1, 0.15) is 58.0 Å². The Morgan fingerprint density at radius 1 is 0.898 bits per heavy atom. The van der Waals surface area contributed by atoms with Crippen LogP contribution in [0.4, 0.5) is 0 Å². The van der Waals surface area contributed by atoms with E-state index in [-0.39, 0.29) is 48.9 Å². The number of benzene rings is 2. The summed E-state index contributed by atoms with van der Waals surface area (Å²) < 4.78 is 29.7. The highest BCUT2D eigenvalue weighted by Crippen LogP contribution is 2.21. The Morgan fingerprint density at radius 3 is 2.29 bits per heavy atom. The molecule has 0 unspecified atom stereocenters. The molecule has 1 aliphatic heterocycles. The first-order chi connectivity index (χ1) is 23.3. The number of hydrogen-bond donors (Lipinski definition) is 4. The van der Waals surface area contributed by atoms with Crippen molar-refractivity contribution in [3.8, 4) is 17.5 Å². The molecule has 4 amide bonds. The van der Waals surface area contributed by atoms with Crippen LogP contribution in [-0.2, 0) is 35.7 Å². The fourth-order valence-electron chi connectivity index (χ4n) is 5.27. The summed E-state index contributed by atoms with van der Waals surface area (Å²) in [6.45, 7) is 5.86. The molecular formula is C33H41N9O6S. The zero-order chi connectivity index (χ0) is 35.7. The molecule has 0 saturated carbocycles. The topological polar surface area (TPSA) is 208 Å². The monoisotopic (exact) mass is 691 g/mol. The number of nitrogens with one attached hydrogen (secondary N) is 4.